The van der Waals surface area contributed by atoms with E-state index in [2.05, 4.69) is 12.2 Å². The average Bonchev–Trinajstić information content (AvgIpc) is 1.91. The molecule has 1 aromatic rings. The molecule has 1 heterocycles. The summed E-state index contributed by atoms with van der Waals surface area (Å²) >= 11 is 5.95. The third kappa shape index (κ3) is 0.808. The van der Waals surface area contributed by atoms with Crippen LogP contribution >= 0.6 is 23.6 Å². The van der Waals surface area contributed by atoms with Crippen molar-refractivity contribution in [3.8, 4) is 0 Å². The van der Waals surface area contributed by atoms with Gasteiger partial charge in [0.15, 0.2) is 3.95 Å². The second-order valence-corrected chi connectivity index (χ2v) is 2.55. The molecule has 0 unspecified atom stereocenters. The van der Waals surface area contributed by atoms with Crippen LogP contribution < -0.4 is 0 Å². The van der Waals surface area contributed by atoms with Crippen molar-refractivity contribution in [2.24, 2.45) is 0 Å². The van der Waals surface area contributed by atoms with Gasteiger partial charge in [0, 0.05) is 5.38 Å². The maximum Gasteiger partial charge on any atom is 0.196 e. The third-order valence-electron chi connectivity index (χ3n) is 0.558. The summed E-state index contributed by atoms with van der Waals surface area (Å²) in [6.07, 6.45) is 1.51. The molecule has 0 atom stereocenters. The summed E-state index contributed by atoms with van der Waals surface area (Å²) in [6.45, 7) is 0. The molecule has 4 heteroatoms. The first-order valence-electron chi connectivity index (χ1n) is 1.66. The lowest BCUT2D eigenvalue weighted by Crippen LogP contribution is -1.81. The molecule has 1 rings (SSSR count). The Hall–Kier alpha value is -0.350. The van der Waals surface area contributed by atoms with E-state index in [1.807, 2.05) is 0 Å². The van der Waals surface area contributed by atoms with Gasteiger partial charge in [-0.2, -0.15) is 4.73 Å². The van der Waals surface area contributed by atoms with Gasteiger partial charge in [0.05, 0.1) is 6.20 Å². The molecule has 1 aromatic heterocycles. The van der Waals surface area contributed by atoms with Crippen molar-refractivity contribution in [2.45, 2.75) is 0 Å². The molecule has 0 aliphatic carbocycles. The van der Waals surface area contributed by atoms with Crippen molar-refractivity contribution in [1.29, 1.82) is 0 Å². The van der Waals surface area contributed by atoms with E-state index in [1.165, 1.54) is 17.5 Å². The molecular weight excluding hydrogens is 130 g/mol. The van der Waals surface area contributed by atoms with Crippen molar-refractivity contribution in [3.63, 3.8) is 0 Å². The van der Waals surface area contributed by atoms with Crippen molar-refractivity contribution >= 4 is 23.6 Å². The van der Waals surface area contributed by atoms with Crippen LogP contribution in [0.2, 0.25) is 0 Å². The monoisotopic (exact) mass is 133 g/mol. The zero-order valence-corrected chi connectivity index (χ0v) is 5.00. The Labute approximate surface area is 49.6 Å². The van der Waals surface area contributed by atoms with E-state index < -0.39 is 0 Å². The summed E-state index contributed by atoms with van der Waals surface area (Å²) in [6, 6.07) is 0. The standard InChI is InChI=1S/C3H3NOS2/c5-4-1-2-7-3(4)6/h1-2,5H. The summed E-state index contributed by atoms with van der Waals surface area (Å²) in [5.41, 5.74) is 0. The molecule has 38 valence electrons. The first kappa shape index (κ1) is 4.80. The van der Waals surface area contributed by atoms with E-state index in [0.717, 1.165) is 4.73 Å². The Morgan fingerprint density at radius 2 is 2.57 bits per heavy atom. The predicted octanol–water partition coefficient (Wildman–Crippen LogP) is 1.52. The van der Waals surface area contributed by atoms with Crippen LogP contribution in [-0.2, 0) is 0 Å². The van der Waals surface area contributed by atoms with Crippen LogP contribution in [0.5, 0.6) is 0 Å². The van der Waals surface area contributed by atoms with Gasteiger partial charge < -0.3 is 5.21 Å². The number of thiazole rings is 1. The lowest BCUT2D eigenvalue weighted by molar-refractivity contribution is 0.185. The second kappa shape index (κ2) is 1.63. The van der Waals surface area contributed by atoms with Gasteiger partial charge in [0.1, 0.15) is 0 Å². The Bertz CT molecular complexity index is 201. The fourth-order valence-electron chi connectivity index (χ4n) is 0.261. The molecule has 0 saturated heterocycles. The summed E-state index contributed by atoms with van der Waals surface area (Å²) in [7, 11) is 0. The molecular formula is C3H3NOS2. The first-order valence-corrected chi connectivity index (χ1v) is 2.95. The van der Waals surface area contributed by atoms with Crippen LogP contribution in [0.15, 0.2) is 11.6 Å². The second-order valence-electron chi connectivity index (χ2n) is 1.01. The summed E-state index contributed by atoms with van der Waals surface area (Å²) in [5.74, 6) is 0. The molecule has 0 bridgehead atoms. The molecule has 0 aliphatic rings. The zero-order chi connectivity index (χ0) is 5.28. The molecule has 0 saturated carbocycles. The number of hydrogen-bond acceptors (Lipinski definition) is 3. The van der Waals surface area contributed by atoms with Gasteiger partial charge in [-0.15, -0.1) is 11.3 Å². The van der Waals surface area contributed by atoms with E-state index in [0.29, 0.717) is 3.95 Å². The van der Waals surface area contributed by atoms with Crippen LogP contribution in [0.3, 0.4) is 0 Å². The van der Waals surface area contributed by atoms with Gasteiger partial charge >= 0.3 is 0 Å². The molecule has 0 spiro atoms. The van der Waals surface area contributed by atoms with Gasteiger partial charge in [-0.1, -0.05) is 0 Å². The topological polar surface area (TPSA) is 25.2 Å². The maximum atomic E-state index is 8.58. The number of aromatic nitrogens is 1. The summed E-state index contributed by atoms with van der Waals surface area (Å²) in [5, 5.41) is 10.3. The summed E-state index contributed by atoms with van der Waals surface area (Å²) in [4.78, 5) is 0. The Balaban J connectivity index is 3.39. The average molecular weight is 133 g/mol. The minimum absolute atomic E-state index is 0.486. The predicted molar refractivity (Wildman–Crippen MR) is 30.3 cm³/mol. The van der Waals surface area contributed by atoms with Gasteiger partial charge in [-0.3, -0.25) is 0 Å². The highest BCUT2D eigenvalue weighted by molar-refractivity contribution is 7.73. The lowest BCUT2D eigenvalue weighted by atomic mass is 11.0. The van der Waals surface area contributed by atoms with Crippen molar-refractivity contribution in [2.75, 3.05) is 0 Å². The van der Waals surface area contributed by atoms with Crippen LogP contribution in [-0.4, -0.2) is 9.94 Å². The van der Waals surface area contributed by atoms with Crippen LogP contribution in [0.4, 0.5) is 0 Å². The summed E-state index contributed by atoms with van der Waals surface area (Å²) < 4.78 is 1.40. The quantitative estimate of drug-likeness (QED) is 0.428. The molecule has 1 N–H and O–H groups in total. The van der Waals surface area contributed by atoms with E-state index >= 15 is 0 Å². The Morgan fingerprint density at radius 1 is 1.86 bits per heavy atom. The van der Waals surface area contributed by atoms with Crippen LogP contribution in [0.25, 0.3) is 0 Å². The first-order chi connectivity index (χ1) is 3.30. The van der Waals surface area contributed by atoms with Crippen molar-refractivity contribution in [3.05, 3.63) is 15.5 Å². The van der Waals surface area contributed by atoms with Crippen LogP contribution in [0.1, 0.15) is 0 Å². The molecule has 0 radical (unpaired) electrons. The van der Waals surface area contributed by atoms with Crippen LogP contribution in [0, 0.1) is 3.95 Å². The van der Waals surface area contributed by atoms with Gasteiger partial charge in [0.2, 0.25) is 0 Å². The Kier molecular flexibility index (Phi) is 1.12. The highest BCUT2D eigenvalue weighted by atomic mass is 32.1. The highest BCUT2D eigenvalue weighted by Gasteiger charge is 1.81. The lowest BCUT2D eigenvalue weighted by Gasteiger charge is -1.79. The maximum absolute atomic E-state index is 8.58. The van der Waals surface area contributed by atoms with E-state index in [-0.39, 0.29) is 0 Å². The van der Waals surface area contributed by atoms with Gasteiger partial charge in [-0.25, -0.2) is 0 Å². The largest absolute Gasteiger partial charge is 0.427 e. The minimum Gasteiger partial charge on any atom is -0.427 e. The normalized spacial score (nSPS) is 9.14. The van der Waals surface area contributed by atoms with Gasteiger partial charge in [-0.05, 0) is 12.2 Å². The van der Waals surface area contributed by atoms with Gasteiger partial charge in [0.25, 0.3) is 0 Å². The smallest absolute Gasteiger partial charge is 0.196 e. The minimum atomic E-state index is 0.486. The third-order valence-corrected chi connectivity index (χ3v) is 1.68. The molecule has 7 heavy (non-hydrogen) atoms. The van der Waals surface area contributed by atoms with Crippen molar-refractivity contribution < 1.29 is 5.21 Å². The molecule has 0 aliphatic heterocycles. The van der Waals surface area contributed by atoms with E-state index in [9.17, 15) is 0 Å². The number of hydrogen-bond donors (Lipinski definition) is 1. The van der Waals surface area contributed by atoms with E-state index in [4.69, 9.17) is 5.21 Å². The molecule has 0 aromatic carbocycles. The van der Waals surface area contributed by atoms with E-state index in [1.54, 1.807) is 5.38 Å². The number of nitrogens with zero attached hydrogens (tertiary/aromatic N) is 1. The Morgan fingerprint density at radius 3 is 2.71 bits per heavy atom. The number of rotatable bonds is 0. The molecule has 2 nitrogen and oxygen atoms in total. The zero-order valence-electron chi connectivity index (χ0n) is 3.37. The fourth-order valence-corrected chi connectivity index (χ4v) is 0.950. The molecule has 0 fully saturated rings. The highest BCUT2D eigenvalue weighted by Crippen LogP contribution is 1.97. The fraction of sp³-hybridized carbons (Fsp3) is 0. The SMILES string of the molecule is On1ccsc1=S. The van der Waals surface area contributed by atoms with Crippen molar-refractivity contribution in [1.82, 2.24) is 4.73 Å². The molecule has 0 amide bonds.